The van der Waals surface area contributed by atoms with Crippen LogP contribution in [0.3, 0.4) is 0 Å². The van der Waals surface area contributed by atoms with Crippen molar-refractivity contribution < 1.29 is 4.74 Å². The minimum Gasteiger partial charge on any atom is -0.495 e. The van der Waals surface area contributed by atoms with Crippen LogP contribution >= 0.6 is 0 Å². The van der Waals surface area contributed by atoms with Gasteiger partial charge >= 0.3 is 0 Å². The molecule has 0 unspecified atom stereocenters. The number of hydrogen-bond donors (Lipinski definition) is 1. The van der Waals surface area contributed by atoms with E-state index >= 15 is 0 Å². The zero-order chi connectivity index (χ0) is 15.5. The van der Waals surface area contributed by atoms with Gasteiger partial charge < -0.3 is 10.1 Å². The van der Waals surface area contributed by atoms with Crippen molar-refractivity contribution in [2.75, 3.05) is 7.11 Å². The average Bonchev–Trinajstić information content (AvgIpc) is 2.91. The van der Waals surface area contributed by atoms with E-state index in [4.69, 9.17) is 4.74 Å². The van der Waals surface area contributed by atoms with E-state index in [1.165, 1.54) is 0 Å². The molecule has 2 aromatic rings. The average molecular weight is 284 g/mol. The molecule has 0 atom stereocenters. The third kappa shape index (κ3) is 3.41. The van der Waals surface area contributed by atoms with Gasteiger partial charge in [0, 0.05) is 18.3 Å². The first-order valence-corrected chi connectivity index (χ1v) is 6.80. The second-order valence-electron chi connectivity index (χ2n) is 5.83. The van der Waals surface area contributed by atoms with Crippen LogP contribution in [0.4, 0.5) is 0 Å². The van der Waals surface area contributed by atoms with Gasteiger partial charge in [0.15, 0.2) is 0 Å². The maximum Gasteiger partial charge on any atom is 0.144 e. The summed E-state index contributed by atoms with van der Waals surface area (Å²) in [6, 6.07) is 7.64. The number of imidazole rings is 1. The normalized spacial score (nSPS) is 11.2. The highest BCUT2D eigenvalue weighted by Gasteiger charge is 2.16. The second-order valence-corrected chi connectivity index (χ2v) is 5.83. The second kappa shape index (κ2) is 5.98. The van der Waals surface area contributed by atoms with Crippen LogP contribution in [0.15, 0.2) is 30.7 Å². The van der Waals surface area contributed by atoms with Crippen LogP contribution < -0.4 is 10.1 Å². The molecule has 1 aromatic heterocycles. The predicted octanol–water partition coefficient (Wildman–Crippen LogP) is 2.64. The number of ether oxygens (including phenoxy) is 1. The van der Waals surface area contributed by atoms with Crippen molar-refractivity contribution in [1.29, 1.82) is 5.26 Å². The van der Waals surface area contributed by atoms with Crippen molar-refractivity contribution >= 4 is 0 Å². The summed E-state index contributed by atoms with van der Waals surface area (Å²) in [7, 11) is 1.60. The molecule has 110 valence electrons. The van der Waals surface area contributed by atoms with E-state index in [9.17, 15) is 5.26 Å². The molecule has 0 radical (unpaired) electrons. The zero-order valence-electron chi connectivity index (χ0n) is 12.8. The molecule has 0 amide bonds. The third-order valence-corrected chi connectivity index (χ3v) is 3.10. The summed E-state index contributed by atoms with van der Waals surface area (Å²) in [6.07, 6.45) is 3.50. The fourth-order valence-electron chi connectivity index (χ4n) is 2.04. The number of hydrogen-bond acceptors (Lipinski definition) is 4. The van der Waals surface area contributed by atoms with Gasteiger partial charge in [-0.1, -0.05) is 6.07 Å². The number of aromatic nitrogens is 2. The van der Waals surface area contributed by atoms with E-state index in [2.05, 4.69) is 37.1 Å². The molecule has 0 saturated heterocycles. The van der Waals surface area contributed by atoms with Crippen LogP contribution in [0.25, 0.3) is 5.69 Å². The Kier molecular flexibility index (Phi) is 4.29. The summed E-state index contributed by atoms with van der Waals surface area (Å²) in [5.74, 6) is 0.657. The Morgan fingerprint density at radius 3 is 2.76 bits per heavy atom. The topological polar surface area (TPSA) is 62.9 Å². The van der Waals surface area contributed by atoms with Gasteiger partial charge in [0.25, 0.3) is 0 Å². The zero-order valence-corrected chi connectivity index (χ0v) is 12.8. The lowest BCUT2D eigenvalue weighted by Gasteiger charge is -2.21. The van der Waals surface area contributed by atoms with Crippen molar-refractivity contribution in [3.05, 3.63) is 42.0 Å². The first kappa shape index (κ1) is 15.1. The summed E-state index contributed by atoms with van der Waals surface area (Å²) in [5.41, 5.74) is 2.27. The van der Waals surface area contributed by atoms with Gasteiger partial charge in [0.2, 0.25) is 0 Å². The highest BCUT2D eigenvalue weighted by atomic mass is 16.5. The van der Waals surface area contributed by atoms with Crippen LogP contribution in [0, 0.1) is 11.3 Å². The standard InChI is InChI=1S/C16H20N4O/c1-16(2,3)19-10-13-9-18-11-20(13)15-12(8-17)6-5-7-14(15)21-4/h5-7,9,11,19H,10H2,1-4H3. The van der Waals surface area contributed by atoms with Crippen molar-refractivity contribution in [2.45, 2.75) is 32.9 Å². The summed E-state index contributed by atoms with van der Waals surface area (Å²) in [6.45, 7) is 6.99. The molecule has 1 N–H and O–H groups in total. The lowest BCUT2D eigenvalue weighted by molar-refractivity contribution is 0.409. The van der Waals surface area contributed by atoms with Gasteiger partial charge in [-0.3, -0.25) is 4.57 Å². The molecule has 2 rings (SSSR count). The van der Waals surface area contributed by atoms with Gasteiger partial charge in [-0.2, -0.15) is 5.26 Å². The number of nitrogens with one attached hydrogen (secondary N) is 1. The quantitative estimate of drug-likeness (QED) is 0.937. The highest BCUT2D eigenvalue weighted by molar-refractivity contribution is 5.58. The summed E-state index contributed by atoms with van der Waals surface area (Å²) < 4.78 is 7.29. The van der Waals surface area contributed by atoms with E-state index in [-0.39, 0.29) is 5.54 Å². The Morgan fingerprint density at radius 2 is 2.14 bits per heavy atom. The number of nitrogens with zero attached hydrogens (tertiary/aromatic N) is 3. The molecule has 0 saturated carbocycles. The maximum absolute atomic E-state index is 9.33. The lowest BCUT2D eigenvalue weighted by atomic mass is 10.1. The van der Waals surface area contributed by atoms with Crippen LogP contribution in [0.2, 0.25) is 0 Å². The number of para-hydroxylation sites is 1. The predicted molar refractivity (Wildman–Crippen MR) is 81.4 cm³/mol. The molecular formula is C16H20N4O. The minimum atomic E-state index is 0.00787. The number of methoxy groups -OCH3 is 1. The smallest absolute Gasteiger partial charge is 0.144 e. The molecule has 0 fully saturated rings. The fraction of sp³-hybridized carbons (Fsp3) is 0.375. The Hall–Kier alpha value is -2.32. The maximum atomic E-state index is 9.33. The van der Waals surface area contributed by atoms with Crippen LogP contribution in [-0.4, -0.2) is 22.2 Å². The molecular weight excluding hydrogens is 264 g/mol. The van der Waals surface area contributed by atoms with Gasteiger partial charge in [0.1, 0.15) is 17.5 Å². The van der Waals surface area contributed by atoms with Crippen molar-refractivity contribution in [3.63, 3.8) is 0 Å². The molecule has 0 aliphatic carbocycles. The van der Waals surface area contributed by atoms with E-state index in [1.807, 2.05) is 16.7 Å². The lowest BCUT2D eigenvalue weighted by Crippen LogP contribution is -2.35. The summed E-state index contributed by atoms with van der Waals surface area (Å²) in [4.78, 5) is 4.21. The van der Waals surface area contributed by atoms with E-state index in [0.29, 0.717) is 17.9 Å². The van der Waals surface area contributed by atoms with Crippen LogP contribution in [-0.2, 0) is 6.54 Å². The van der Waals surface area contributed by atoms with Crippen molar-refractivity contribution in [3.8, 4) is 17.5 Å². The fourth-order valence-corrected chi connectivity index (χ4v) is 2.04. The van der Waals surface area contributed by atoms with Gasteiger partial charge in [-0.15, -0.1) is 0 Å². The first-order valence-electron chi connectivity index (χ1n) is 6.80. The Balaban J connectivity index is 2.45. The van der Waals surface area contributed by atoms with Gasteiger partial charge in [-0.25, -0.2) is 4.98 Å². The molecule has 0 spiro atoms. The molecule has 5 heteroatoms. The van der Waals surface area contributed by atoms with Crippen molar-refractivity contribution in [2.24, 2.45) is 0 Å². The highest BCUT2D eigenvalue weighted by Crippen LogP contribution is 2.27. The Morgan fingerprint density at radius 1 is 1.38 bits per heavy atom. The van der Waals surface area contributed by atoms with E-state index in [1.54, 1.807) is 25.7 Å². The molecule has 5 nitrogen and oxygen atoms in total. The van der Waals surface area contributed by atoms with Crippen molar-refractivity contribution in [1.82, 2.24) is 14.9 Å². The molecule has 0 aliphatic rings. The molecule has 21 heavy (non-hydrogen) atoms. The third-order valence-electron chi connectivity index (χ3n) is 3.10. The number of benzene rings is 1. The minimum absolute atomic E-state index is 0.00787. The van der Waals surface area contributed by atoms with E-state index in [0.717, 1.165) is 11.4 Å². The monoisotopic (exact) mass is 284 g/mol. The number of rotatable bonds is 4. The number of nitriles is 1. The van der Waals surface area contributed by atoms with Gasteiger partial charge in [-0.05, 0) is 32.9 Å². The SMILES string of the molecule is COc1cccc(C#N)c1-n1cncc1CNC(C)(C)C. The Labute approximate surface area is 125 Å². The summed E-state index contributed by atoms with van der Waals surface area (Å²) in [5, 5.41) is 12.8. The summed E-state index contributed by atoms with van der Waals surface area (Å²) >= 11 is 0. The Bertz CT molecular complexity index is 662. The molecule has 1 heterocycles. The first-order chi connectivity index (χ1) is 9.96. The molecule has 0 aliphatic heterocycles. The van der Waals surface area contributed by atoms with E-state index < -0.39 is 0 Å². The molecule has 0 bridgehead atoms. The van der Waals surface area contributed by atoms with Crippen LogP contribution in [0.1, 0.15) is 32.0 Å². The van der Waals surface area contributed by atoms with Gasteiger partial charge in [0.05, 0.1) is 24.7 Å². The molecule has 1 aromatic carbocycles. The van der Waals surface area contributed by atoms with Crippen LogP contribution in [0.5, 0.6) is 5.75 Å². The largest absolute Gasteiger partial charge is 0.495 e.